The highest BCUT2D eigenvalue weighted by molar-refractivity contribution is 5.81. The second-order valence-corrected chi connectivity index (χ2v) is 6.86. The van der Waals surface area contributed by atoms with Gasteiger partial charge in [0.1, 0.15) is 23.7 Å². The molecule has 0 spiro atoms. The Balaban J connectivity index is 1.64. The molecule has 0 aliphatic rings. The van der Waals surface area contributed by atoms with Gasteiger partial charge in [-0.15, -0.1) is 10.2 Å². The van der Waals surface area contributed by atoms with Crippen molar-refractivity contribution in [2.45, 2.75) is 13.0 Å². The maximum atomic E-state index is 14.2. The fraction of sp³-hybridized carbons (Fsp3) is 0.182. The van der Waals surface area contributed by atoms with E-state index in [1.54, 1.807) is 42.3 Å². The largest absolute Gasteiger partial charge is 0.496 e. The Morgan fingerprint density at radius 3 is 2.90 bits per heavy atom. The predicted molar refractivity (Wildman–Crippen MR) is 114 cm³/mol. The van der Waals surface area contributed by atoms with Gasteiger partial charge >= 0.3 is 0 Å². The summed E-state index contributed by atoms with van der Waals surface area (Å²) in [5, 5.41) is 14.1. The minimum Gasteiger partial charge on any atom is -0.496 e. The van der Waals surface area contributed by atoms with Crippen LogP contribution in [0.15, 0.2) is 55.1 Å². The molecular weight excluding hydrogens is 399 g/mol. The van der Waals surface area contributed by atoms with E-state index in [1.165, 1.54) is 13.2 Å². The minimum absolute atomic E-state index is 0.0882. The smallest absolute Gasteiger partial charge is 0.224 e. The molecule has 0 aliphatic carbocycles. The van der Waals surface area contributed by atoms with Gasteiger partial charge in [-0.3, -0.25) is 14.2 Å². The van der Waals surface area contributed by atoms with E-state index in [-0.39, 0.29) is 24.7 Å². The van der Waals surface area contributed by atoms with Gasteiger partial charge in [0, 0.05) is 42.7 Å². The minimum atomic E-state index is -0.345. The number of benzene rings is 1. The van der Waals surface area contributed by atoms with Crippen molar-refractivity contribution in [2.75, 3.05) is 19.5 Å². The van der Waals surface area contributed by atoms with Crippen LogP contribution in [0.25, 0.3) is 16.8 Å². The molecule has 1 amide bonds. The van der Waals surface area contributed by atoms with Gasteiger partial charge in [-0.05, 0) is 35.9 Å². The zero-order valence-corrected chi connectivity index (χ0v) is 17.1. The number of halogens is 1. The molecule has 0 saturated heterocycles. The highest BCUT2D eigenvalue weighted by Gasteiger charge is 2.13. The average Bonchev–Trinajstić information content (AvgIpc) is 3.28. The summed E-state index contributed by atoms with van der Waals surface area (Å²) in [5.74, 6) is 0.740. The number of methoxy groups -OCH3 is 1. The van der Waals surface area contributed by atoms with Crippen LogP contribution in [0.4, 0.5) is 10.2 Å². The second kappa shape index (κ2) is 8.78. The van der Waals surface area contributed by atoms with E-state index in [1.807, 2.05) is 18.2 Å². The van der Waals surface area contributed by atoms with Crippen molar-refractivity contribution >= 4 is 17.4 Å². The van der Waals surface area contributed by atoms with E-state index in [9.17, 15) is 9.18 Å². The zero-order chi connectivity index (χ0) is 21.8. The maximum Gasteiger partial charge on any atom is 0.224 e. The number of nitrogens with one attached hydrogen (secondary N) is 2. The molecule has 0 bridgehead atoms. The van der Waals surface area contributed by atoms with Gasteiger partial charge in [-0.2, -0.15) is 0 Å². The monoisotopic (exact) mass is 420 g/mol. The highest BCUT2D eigenvalue weighted by atomic mass is 19.1. The van der Waals surface area contributed by atoms with Crippen LogP contribution >= 0.6 is 0 Å². The van der Waals surface area contributed by atoms with Crippen molar-refractivity contribution < 1.29 is 13.9 Å². The number of fused-ring (bicyclic) bond motifs is 1. The van der Waals surface area contributed by atoms with Crippen molar-refractivity contribution in [1.82, 2.24) is 24.9 Å². The Labute approximate surface area is 178 Å². The normalized spacial score (nSPS) is 10.8. The molecule has 0 radical (unpaired) electrons. The lowest BCUT2D eigenvalue weighted by molar-refractivity contribution is -0.119. The maximum absolute atomic E-state index is 14.2. The van der Waals surface area contributed by atoms with E-state index in [0.29, 0.717) is 22.8 Å². The Bertz CT molecular complexity index is 1240. The Morgan fingerprint density at radius 1 is 1.23 bits per heavy atom. The summed E-state index contributed by atoms with van der Waals surface area (Å²) in [6.07, 6.45) is 5.21. The Morgan fingerprint density at radius 2 is 2.10 bits per heavy atom. The highest BCUT2D eigenvalue weighted by Crippen LogP contribution is 2.27. The summed E-state index contributed by atoms with van der Waals surface area (Å²) in [6, 6.07) is 10.4. The van der Waals surface area contributed by atoms with E-state index in [4.69, 9.17) is 4.74 Å². The lowest BCUT2D eigenvalue weighted by Gasteiger charge is -2.14. The molecule has 4 rings (SSSR count). The number of ether oxygens (including phenoxy) is 1. The molecule has 0 atom stereocenters. The van der Waals surface area contributed by atoms with Gasteiger partial charge in [0.25, 0.3) is 0 Å². The molecular formula is C22H21FN6O2. The number of hydrogen-bond acceptors (Lipinski definition) is 6. The number of hydrogen-bond donors (Lipinski definition) is 2. The first-order valence-corrected chi connectivity index (χ1v) is 9.63. The van der Waals surface area contributed by atoms with E-state index >= 15 is 0 Å². The Kier molecular flexibility index (Phi) is 5.74. The van der Waals surface area contributed by atoms with Gasteiger partial charge in [0.15, 0.2) is 5.65 Å². The van der Waals surface area contributed by atoms with Gasteiger partial charge in [0.05, 0.1) is 13.5 Å². The molecule has 0 unspecified atom stereocenters. The van der Waals surface area contributed by atoms with Crippen LogP contribution in [0.1, 0.15) is 11.1 Å². The van der Waals surface area contributed by atoms with Crippen molar-refractivity contribution in [2.24, 2.45) is 0 Å². The van der Waals surface area contributed by atoms with Crippen LogP contribution in [-0.4, -0.2) is 39.6 Å². The number of carbonyl (C=O) groups is 1. The first-order valence-electron chi connectivity index (χ1n) is 9.63. The fourth-order valence-electron chi connectivity index (χ4n) is 3.37. The third-order valence-corrected chi connectivity index (χ3v) is 4.95. The molecule has 8 nitrogen and oxygen atoms in total. The SMILES string of the molecule is CNC(=O)Cc1cncc(-c2ccc(NCc3c(F)cccc3OC)n3cnnc23)c1. The van der Waals surface area contributed by atoms with Crippen LogP contribution in [0.5, 0.6) is 5.75 Å². The fourth-order valence-corrected chi connectivity index (χ4v) is 3.37. The summed E-state index contributed by atoms with van der Waals surface area (Å²) < 4.78 is 21.3. The lowest BCUT2D eigenvalue weighted by atomic mass is 10.1. The number of aromatic nitrogens is 4. The number of carbonyl (C=O) groups excluding carboxylic acids is 1. The standard InChI is InChI=1S/C22H21FN6O2/c1-24-21(30)9-14-8-15(11-25-10-14)16-6-7-20(29-13-27-28-22(16)29)26-12-17-18(23)4-3-5-19(17)31-2/h3-8,10-11,13,26H,9,12H2,1-2H3,(H,24,30). The van der Waals surface area contributed by atoms with E-state index < -0.39 is 0 Å². The number of pyridine rings is 2. The number of rotatable bonds is 7. The topological polar surface area (TPSA) is 93.4 Å². The van der Waals surface area contributed by atoms with Crippen LogP contribution in [0, 0.1) is 5.82 Å². The van der Waals surface area contributed by atoms with Crippen molar-refractivity contribution in [3.63, 3.8) is 0 Å². The summed E-state index contributed by atoms with van der Waals surface area (Å²) in [5.41, 5.74) is 3.48. The summed E-state index contributed by atoms with van der Waals surface area (Å²) in [6.45, 7) is 0.228. The quantitative estimate of drug-likeness (QED) is 0.478. The van der Waals surface area contributed by atoms with Crippen molar-refractivity contribution in [1.29, 1.82) is 0 Å². The average molecular weight is 420 g/mol. The molecule has 3 heterocycles. The van der Waals surface area contributed by atoms with Crippen molar-refractivity contribution in [3.05, 3.63) is 72.1 Å². The van der Waals surface area contributed by atoms with Crippen LogP contribution in [0.2, 0.25) is 0 Å². The molecule has 3 aromatic heterocycles. The third kappa shape index (κ3) is 4.16. The molecule has 2 N–H and O–H groups in total. The van der Waals surface area contributed by atoms with Gasteiger partial charge in [-0.1, -0.05) is 6.07 Å². The summed E-state index contributed by atoms with van der Waals surface area (Å²) in [4.78, 5) is 16.0. The lowest BCUT2D eigenvalue weighted by Crippen LogP contribution is -2.19. The van der Waals surface area contributed by atoms with Crippen LogP contribution in [-0.2, 0) is 17.8 Å². The molecule has 4 aromatic rings. The molecule has 1 aromatic carbocycles. The van der Waals surface area contributed by atoms with Gasteiger partial charge < -0.3 is 15.4 Å². The van der Waals surface area contributed by atoms with Crippen LogP contribution < -0.4 is 15.4 Å². The number of nitrogens with zero attached hydrogens (tertiary/aromatic N) is 4. The second-order valence-electron chi connectivity index (χ2n) is 6.86. The zero-order valence-electron chi connectivity index (χ0n) is 17.1. The van der Waals surface area contributed by atoms with Crippen LogP contribution in [0.3, 0.4) is 0 Å². The third-order valence-electron chi connectivity index (χ3n) is 4.95. The molecule has 31 heavy (non-hydrogen) atoms. The number of amides is 1. The summed E-state index contributed by atoms with van der Waals surface area (Å²) in [7, 11) is 3.11. The van der Waals surface area contributed by atoms with Gasteiger partial charge in [-0.25, -0.2) is 4.39 Å². The molecule has 9 heteroatoms. The van der Waals surface area contributed by atoms with Crippen molar-refractivity contribution in [3.8, 4) is 16.9 Å². The Hall–Kier alpha value is -4.01. The van der Waals surface area contributed by atoms with E-state index in [2.05, 4.69) is 25.8 Å². The molecule has 158 valence electrons. The number of anilines is 1. The molecule has 0 saturated carbocycles. The molecule has 0 fully saturated rings. The summed E-state index contributed by atoms with van der Waals surface area (Å²) >= 11 is 0. The van der Waals surface area contributed by atoms with E-state index in [0.717, 1.165) is 16.7 Å². The first kappa shape index (κ1) is 20.3. The number of likely N-dealkylation sites (N-methyl/N-ethyl adjacent to an activating group) is 1. The molecule has 0 aliphatic heterocycles. The van der Waals surface area contributed by atoms with Gasteiger partial charge in [0.2, 0.25) is 5.91 Å². The first-order chi connectivity index (χ1) is 15.1. The predicted octanol–water partition coefficient (Wildman–Crippen LogP) is 2.84.